The lowest BCUT2D eigenvalue weighted by molar-refractivity contribution is 0.542. The maximum atomic E-state index is 13.7. The number of imidazole rings is 1. The smallest absolute Gasteiger partial charge is 0.148 e. The molecule has 0 aliphatic carbocycles. The molecule has 0 N–H and O–H groups in total. The normalized spacial score (nSPS) is 15.1. The summed E-state index contributed by atoms with van der Waals surface area (Å²) in [5.41, 5.74) is 0.896. The number of halogens is 1. The molecule has 4 aromatic rings. The number of benzene rings is 2. The largest absolute Gasteiger partial charge is 0.279 e. The van der Waals surface area contributed by atoms with Gasteiger partial charge in [0.15, 0.2) is 0 Å². The van der Waals surface area contributed by atoms with Crippen LogP contribution in [0.15, 0.2) is 42.4 Å². The van der Waals surface area contributed by atoms with E-state index in [4.69, 9.17) is 5.48 Å². The van der Waals surface area contributed by atoms with E-state index >= 15 is 0 Å². The third-order valence-corrected chi connectivity index (χ3v) is 3.61. The van der Waals surface area contributed by atoms with Crippen molar-refractivity contribution in [3.05, 3.63) is 54.0 Å². The van der Waals surface area contributed by atoms with Crippen LogP contribution in [0.3, 0.4) is 0 Å². The Kier molecular flexibility index (Phi) is 1.84. The average molecular weight is 297 g/mol. The molecule has 3 nitrogen and oxygen atoms in total. The predicted molar refractivity (Wildman–Crippen MR) is 86.7 cm³/mol. The van der Waals surface area contributed by atoms with Crippen LogP contribution in [0.1, 0.15) is 32.1 Å². The van der Waals surface area contributed by atoms with E-state index in [9.17, 15) is 4.39 Å². The molecule has 2 aromatic carbocycles. The van der Waals surface area contributed by atoms with Crippen LogP contribution in [-0.4, -0.2) is 14.4 Å². The van der Waals surface area contributed by atoms with Gasteiger partial charge in [0, 0.05) is 16.9 Å². The number of hydrogen-bond donors (Lipinski definition) is 0. The van der Waals surface area contributed by atoms with E-state index < -0.39 is 11.2 Å². The van der Waals surface area contributed by atoms with Gasteiger partial charge in [0.1, 0.15) is 17.3 Å². The first-order chi connectivity index (χ1) is 12.1. The minimum Gasteiger partial charge on any atom is -0.279 e. The lowest BCUT2D eigenvalue weighted by Crippen LogP contribution is -2.19. The molecule has 4 heteroatoms. The van der Waals surface area contributed by atoms with Crippen molar-refractivity contribution in [3.63, 3.8) is 0 Å². The summed E-state index contributed by atoms with van der Waals surface area (Å²) in [5.74, 6) is 0.146. The van der Waals surface area contributed by atoms with E-state index in [0.717, 1.165) is 0 Å². The molecule has 0 aliphatic heterocycles. The van der Waals surface area contributed by atoms with Gasteiger partial charge in [-0.3, -0.25) is 4.40 Å². The average Bonchev–Trinajstić information content (AvgIpc) is 2.96. The molecular weight excluding hydrogens is 277 g/mol. The van der Waals surface area contributed by atoms with Gasteiger partial charge in [0.25, 0.3) is 0 Å². The van der Waals surface area contributed by atoms with Gasteiger partial charge in [-0.1, -0.05) is 32.9 Å². The van der Waals surface area contributed by atoms with Crippen LogP contribution in [0.5, 0.6) is 0 Å². The highest BCUT2D eigenvalue weighted by Crippen LogP contribution is 2.30. The molecule has 0 aliphatic rings. The summed E-state index contributed by atoms with van der Waals surface area (Å²) >= 11 is 0. The van der Waals surface area contributed by atoms with E-state index in [1.54, 1.807) is 10.5 Å². The molecule has 22 heavy (non-hydrogen) atoms. The van der Waals surface area contributed by atoms with E-state index in [2.05, 4.69) is 9.97 Å². The minimum atomic E-state index is -0.456. The van der Waals surface area contributed by atoms with Gasteiger partial charge in [-0.05, 0) is 24.2 Å². The van der Waals surface area contributed by atoms with E-state index in [1.807, 2.05) is 20.8 Å². The molecule has 2 heterocycles. The molecule has 0 saturated heterocycles. The molecule has 0 bridgehead atoms. The monoisotopic (exact) mass is 297 g/mol. The first kappa shape index (κ1) is 9.51. The summed E-state index contributed by atoms with van der Waals surface area (Å²) in [5, 5.41) is 0.590. The summed E-state index contributed by atoms with van der Waals surface area (Å²) in [6, 6.07) is 3.22. The first-order valence-corrected chi connectivity index (χ1v) is 6.99. The van der Waals surface area contributed by atoms with Crippen molar-refractivity contribution in [3.8, 4) is 0 Å². The highest BCUT2D eigenvalue weighted by Gasteiger charge is 2.23. The summed E-state index contributed by atoms with van der Waals surface area (Å²) in [6.07, 6.45) is 0. The molecular formula is C18H16FN3. The Bertz CT molecular complexity index is 1220. The van der Waals surface area contributed by atoms with Gasteiger partial charge in [-0.25, -0.2) is 14.4 Å². The Morgan fingerprint density at radius 3 is 2.64 bits per heavy atom. The van der Waals surface area contributed by atoms with Crippen molar-refractivity contribution in [2.75, 3.05) is 0 Å². The van der Waals surface area contributed by atoms with Crippen molar-refractivity contribution < 1.29 is 9.87 Å². The quantitative estimate of drug-likeness (QED) is 0.479. The Balaban J connectivity index is 2.38. The molecule has 2 aromatic heterocycles. The fraction of sp³-hybridized carbons (Fsp3) is 0.222. The number of fused-ring (bicyclic) bond motifs is 5. The van der Waals surface area contributed by atoms with Crippen molar-refractivity contribution >= 4 is 27.6 Å². The summed E-state index contributed by atoms with van der Waals surface area (Å²) < 4.78 is 47.8. The first-order valence-electron chi connectivity index (χ1n) is 8.99. The van der Waals surface area contributed by atoms with Crippen LogP contribution < -0.4 is 0 Å². The van der Waals surface area contributed by atoms with Gasteiger partial charge < -0.3 is 0 Å². The zero-order chi connectivity index (χ0) is 19.0. The van der Waals surface area contributed by atoms with Crippen LogP contribution >= 0.6 is 0 Å². The molecule has 0 amide bonds. The molecule has 0 spiro atoms. The minimum absolute atomic E-state index is 0.165. The number of para-hydroxylation sites is 2. The number of hydrogen-bond acceptors (Lipinski definition) is 2. The number of aromatic nitrogens is 3. The fourth-order valence-electron chi connectivity index (χ4n) is 2.64. The second-order valence-electron chi connectivity index (χ2n) is 6.31. The second kappa shape index (κ2) is 4.26. The molecule has 0 atom stereocenters. The molecule has 110 valence electrons. The van der Waals surface area contributed by atoms with Crippen LogP contribution in [0, 0.1) is 5.82 Å². The lowest BCUT2D eigenvalue weighted by Gasteiger charge is -2.20. The third kappa shape index (κ3) is 1.80. The van der Waals surface area contributed by atoms with Gasteiger partial charge >= 0.3 is 0 Å². The van der Waals surface area contributed by atoms with Gasteiger partial charge in [0.05, 0.1) is 22.0 Å². The highest BCUT2D eigenvalue weighted by atomic mass is 19.1. The topological polar surface area (TPSA) is 30.2 Å². The van der Waals surface area contributed by atoms with Crippen molar-refractivity contribution in [2.24, 2.45) is 0 Å². The predicted octanol–water partition coefficient (Wildman–Crippen LogP) is 4.47. The number of rotatable bonds is 0. The van der Waals surface area contributed by atoms with Gasteiger partial charge in [-0.15, -0.1) is 0 Å². The fourth-order valence-corrected chi connectivity index (χ4v) is 2.64. The summed E-state index contributed by atoms with van der Waals surface area (Å²) in [4.78, 5) is 9.11. The van der Waals surface area contributed by atoms with Gasteiger partial charge in [0.2, 0.25) is 0 Å². The zero-order valence-corrected chi connectivity index (χ0v) is 12.5. The Labute approximate surface area is 133 Å². The molecule has 4 rings (SSSR count). The van der Waals surface area contributed by atoms with E-state index in [-0.39, 0.29) is 35.2 Å². The Morgan fingerprint density at radius 2 is 1.86 bits per heavy atom. The van der Waals surface area contributed by atoms with Crippen LogP contribution in [0.4, 0.5) is 4.39 Å². The summed E-state index contributed by atoms with van der Waals surface area (Å²) in [7, 11) is 0. The third-order valence-electron chi connectivity index (χ3n) is 3.61. The summed E-state index contributed by atoms with van der Waals surface area (Å²) in [6.45, 7) is 5.83. The lowest BCUT2D eigenvalue weighted by atomic mass is 9.95. The number of nitrogens with zero attached hydrogens (tertiary/aromatic N) is 3. The second-order valence-corrected chi connectivity index (χ2v) is 6.31. The van der Waals surface area contributed by atoms with Crippen LogP contribution in [0.2, 0.25) is 0 Å². The van der Waals surface area contributed by atoms with Crippen LogP contribution in [0.25, 0.3) is 27.6 Å². The molecule has 0 unspecified atom stereocenters. The van der Waals surface area contributed by atoms with Crippen molar-refractivity contribution in [1.29, 1.82) is 0 Å². The Morgan fingerprint density at radius 1 is 1.09 bits per heavy atom. The maximum Gasteiger partial charge on any atom is 0.148 e. The Hall–Kier alpha value is -2.49. The van der Waals surface area contributed by atoms with E-state index in [0.29, 0.717) is 22.4 Å². The van der Waals surface area contributed by atoms with Crippen molar-refractivity contribution in [2.45, 2.75) is 26.2 Å². The molecule has 0 saturated carbocycles. The molecule has 0 radical (unpaired) electrons. The highest BCUT2D eigenvalue weighted by molar-refractivity contribution is 5.96. The van der Waals surface area contributed by atoms with Gasteiger partial charge in [-0.2, -0.15) is 0 Å². The zero-order valence-electron chi connectivity index (χ0n) is 16.5. The SMILES string of the molecule is [2H]c1c([2H])c([2H])c2c(nc3c4ccc(F)cc4nc(C(C)(C)C)n32)c1[2H]. The standard InChI is InChI=1S/C18H16FN3/c1-18(2,3)17-21-14-10-11(19)8-9-12(14)16-20-13-6-4-5-7-15(13)22(16)17/h4-10H,1-3H3/i4D,5D,6D,7D. The van der Waals surface area contributed by atoms with Crippen LogP contribution in [-0.2, 0) is 5.41 Å². The molecule has 0 fully saturated rings. The van der Waals surface area contributed by atoms with E-state index in [1.165, 1.54) is 12.1 Å². The maximum absolute atomic E-state index is 13.7. The van der Waals surface area contributed by atoms with Crippen molar-refractivity contribution in [1.82, 2.24) is 14.4 Å².